The van der Waals surface area contributed by atoms with Crippen LogP contribution >= 0.6 is 0 Å². The first-order valence-corrected chi connectivity index (χ1v) is 6.53. The highest BCUT2D eigenvalue weighted by molar-refractivity contribution is 5.45. The summed E-state index contributed by atoms with van der Waals surface area (Å²) in [5, 5.41) is 12.5. The lowest BCUT2D eigenvalue weighted by Crippen LogP contribution is -2.29. The largest absolute Gasteiger partial charge is 0.394 e. The van der Waals surface area contributed by atoms with E-state index in [1.807, 2.05) is 18.7 Å². The maximum Gasteiger partial charge on any atom is 0.243 e. The number of aromatic nitrogens is 3. The zero-order valence-corrected chi connectivity index (χ0v) is 11.3. The van der Waals surface area contributed by atoms with Gasteiger partial charge in [0, 0.05) is 13.1 Å². The second kappa shape index (κ2) is 5.54. The van der Waals surface area contributed by atoms with Crippen LogP contribution in [0.2, 0.25) is 0 Å². The molecule has 1 aliphatic rings. The third kappa shape index (κ3) is 3.02. The minimum absolute atomic E-state index is 0.0741. The molecule has 1 fully saturated rings. The Bertz CT molecular complexity index is 431. The molecule has 0 saturated heterocycles. The fourth-order valence-corrected chi connectivity index (χ4v) is 1.84. The summed E-state index contributed by atoms with van der Waals surface area (Å²) < 4.78 is 0. The molecule has 8 nitrogen and oxygen atoms in total. The predicted octanol–water partition coefficient (Wildman–Crippen LogP) is -0.0598. The van der Waals surface area contributed by atoms with Crippen LogP contribution < -0.4 is 21.5 Å². The van der Waals surface area contributed by atoms with Gasteiger partial charge in [0.15, 0.2) is 0 Å². The summed E-state index contributed by atoms with van der Waals surface area (Å²) in [6.45, 7) is 5.74. The van der Waals surface area contributed by atoms with Crippen LogP contribution in [-0.2, 0) is 0 Å². The average Bonchev–Trinajstić information content (AvgIpc) is 3.20. The van der Waals surface area contributed by atoms with E-state index in [1.54, 1.807) is 0 Å². The normalized spacial score (nSPS) is 16.0. The van der Waals surface area contributed by atoms with E-state index >= 15 is 0 Å². The Labute approximate surface area is 112 Å². The fraction of sp³-hybridized carbons (Fsp3) is 0.727. The molecule has 0 spiro atoms. The first-order valence-electron chi connectivity index (χ1n) is 6.53. The second-order valence-electron chi connectivity index (χ2n) is 4.66. The van der Waals surface area contributed by atoms with Crippen LogP contribution in [0.1, 0.15) is 26.7 Å². The molecule has 0 bridgehead atoms. The molecular formula is C11H21N7O. The van der Waals surface area contributed by atoms with Gasteiger partial charge in [0.2, 0.25) is 17.8 Å². The van der Waals surface area contributed by atoms with Gasteiger partial charge in [-0.05, 0) is 26.7 Å². The summed E-state index contributed by atoms with van der Waals surface area (Å²) in [6, 6.07) is 0. The highest BCUT2D eigenvalue weighted by Crippen LogP contribution is 2.37. The summed E-state index contributed by atoms with van der Waals surface area (Å²) in [7, 11) is 0. The molecule has 5 N–H and O–H groups in total. The molecule has 0 aliphatic heterocycles. The van der Waals surface area contributed by atoms with Gasteiger partial charge in [0.25, 0.3) is 0 Å². The summed E-state index contributed by atoms with van der Waals surface area (Å²) in [5.41, 5.74) is 2.17. The standard InChI is InChI=1S/C11H21N7O/c1-3-18(4-2)10-14-8(13-9(15-10)17-12)16-11(7-19)5-6-11/h19H,3-7,12H2,1-2H3,(H2,13,14,15,16,17). The van der Waals surface area contributed by atoms with Crippen molar-refractivity contribution in [3.8, 4) is 0 Å². The smallest absolute Gasteiger partial charge is 0.243 e. The number of nitrogen functional groups attached to an aromatic ring is 1. The topological polar surface area (TPSA) is 112 Å². The van der Waals surface area contributed by atoms with E-state index in [0.717, 1.165) is 25.9 Å². The number of hydrogen-bond donors (Lipinski definition) is 4. The number of hydrazine groups is 1. The van der Waals surface area contributed by atoms with Crippen LogP contribution in [0.5, 0.6) is 0 Å². The Kier molecular flexibility index (Phi) is 4.01. The van der Waals surface area contributed by atoms with Crippen LogP contribution in [-0.4, -0.2) is 45.3 Å². The van der Waals surface area contributed by atoms with Gasteiger partial charge in [-0.1, -0.05) is 0 Å². The number of rotatable bonds is 7. The minimum Gasteiger partial charge on any atom is -0.394 e. The molecule has 1 saturated carbocycles. The number of nitrogens with two attached hydrogens (primary N) is 1. The van der Waals surface area contributed by atoms with E-state index < -0.39 is 0 Å². The zero-order valence-electron chi connectivity index (χ0n) is 11.3. The molecule has 0 amide bonds. The van der Waals surface area contributed by atoms with Gasteiger partial charge in [-0.2, -0.15) is 15.0 Å². The highest BCUT2D eigenvalue weighted by Gasteiger charge is 2.42. The number of nitrogens with one attached hydrogen (secondary N) is 2. The summed E-state index contributed by atoms with van der Waals surface area (Å²) in [5.74, 6) is 6.71. The fourth-order valence-electron chi connectivity index (χ4n) is 1.84. The third-order valence-electron chi connectivity index (χ3n) is 3.33. The second-order valence-corrected chi connectivity index (χ2v) is 4.66. The van der Waals surface area contributed by atoms with E-state index in [1.165, 1.54) is 0 Å². The van der Waals surface area contributed by atoms with Crippen molar-refractivity contribution in [2.24, 2.45) is 5.84 Å². The van der Waals surface area contributed by atoms with Crippen molar-refractivity contribution in [1.29, 1.82) is 0 Å². The number of aliphatic hydroxyl groups excluding tert-OH is 1. The van der Waals surface area contributed by atoms with Crippen LogP contribution in [0.25, 0.3) is 0 Å². The molecular weight excluding hydrogens is 246 g/mol. The highest BCUT2D eigenvalue weighted by atomic mass is 16.3. The summed E-state index contributed by atoms with van der Waals surface area (Å²) >= 11 is 0. The van der Waals surface area contributed by atoms with Crippen molar-refractivity contribution < 1.29 is 5.11 Å². The lowest BCUT2D eigenvalue weighted by atomic mass is 10.3. The minimum atomic E-state index is -0.270. The Morgan fingerprint density at radius 3 is 2.32 bits per heavy atom. The zero-order chi connectivity index (χ0) is 13.9. The Balaban J connectivity index is 2.25. The van der Waals surface area contributed by atoms with E-state index in [4.69, 9.17) is 5.84 Å². The maximum atomic E-state index is 9.33. The van der Waals surface area contributed by atoms with Crippen LogP contribution in [0, 0.1) is 0 Å². The van der Waals surface area contributed by atoms with E-state index in [2.05, 4.69) is 25.7 Å². The van der Waals surface area contributed by atoms with Crippen molar-refractivity contribution in [1.82, 2.24) is 15.0 Å². The number of nitrogens with zero attached hydrogens (tertiary/aromatic N) is 4. The van der Waals surface area contributed by atoms with Crippen molar-refractivity contribution in [3.63, 3.8) is 0 Å². The number of aliphatic hydroxyl groups is 1. The van der Waals surface area contributed by atoms with Gasteiger partial charge in [-0.3, -0.25) is 5.43 Å². The molecule has 1 aromatic rings. The lowest BCUT2D eigenvalue weighted by molar-refractivity contribution is 0.265. The molecule has 0 atom stereocenters. The molecule has 2 rings (SSSR count). The van der Waals surface area contributed by atoms with Gasteiger partial charge in [-0.15, -0.1) is 0 Å². The summed E-state index contributed by atoms with van der Waals surface area (Å²) in [6.07, 6.45) is 1.84. The van der Waals surface area contributed by atoms with Gasteiger partial charge in [0.1, 0.15) is 0 Å². The van der Waals surface area contributed by atoms with Crippen LogP contribution in [0.3, 0.4) is 0 Å². The van der Waals surface area contributed by atoms with Gasteiger partial charge in [0.05, 0.1) is 12.1 Å². The van der Waals surface area contributed by atoms with Crippen LogP contribution in [0.4, 0.5) is 17.8 Å². The van der Waals surface area contributed by atoms with Crippen molar-refractivity contribution >= 4 is 17.8 Å². The van der Waals surface area contributed by atoms with Crippen molar-refractivity contribution in [2.75, 3.05) is 35.3 Å². The van der Waals surface area contributed by atoms with E-state index in [-0.39, 0.29) is 12.1 Å². The van der Waals surface area contributed by atoms with Crippen molar-refractivity contribution in [2.45, 2.75) is 32.2 Å². The molecule has 19 heavy (non-hydrogen) atoms. The third-order valence-corrected chi connectivity index (χ3v) is 3.33. The molecule has 0 unspecified atom stereocenters. The molecule has 1 aromatic heterocycles. The van der Waals surface area contributed by atoms with Gasteiger partial charge in [-0.25, -0.2) is 5.84 Å². The first kappa shape index (κ1) is 13.8. The molecule has 106 valence electrons. The summed E-state index contributed by atoms with van der Waals surface area (Å²) in [4.78, 5) is 14.8. The Hall–Kier alpha value is -1.67. The molecule has 0 aromatic carbocycles. The van der Waals surface area contributed by atoms with Crippen LogP contribution in [0.15, 0.2) is 0 Å². The molecule has 0 radical (unpaired) electrons. The Morgan fingerprint density at radius 2 is 1.84 bits per heavy atom. The van der Waals surface area contributed by atoms with E-state index in [9.17, 15) is 5.11 Å². The molecule has 1 aliphatic carbocycles. The SMILES string of the molecule is CCN(CC)c1nc(NN)nc(NC2(CO)CC2)n1. The monoisotopic (exact) mass is 267 g/mol. The predicted molar refractivity (Wildman–Crippen MR) is 73.9 cm³/mol. The lowest BCUT2D eigenvalue weighted by Gasteiger charge is -2.21. The Morgan fingerprint density at radius 1 is 1.21 bits per heavy atom. The number of hydrogen-bond acceptors (Lipinski definition) is 8. The first-order chi connectivity index (χ1) is 9.16. The van der Waals surface area contributed by atoms with Crippen molar-refractivity contribution in [3.05, 3.63) is 0 Å². The molecule has 8 heteroatoms. The number of anilines is 3. The maximum absolute atomic E-state index is 9.33. The molecule has 1 heterocycles. The average molecular weight is 267 g/mol. The van der Waals surface area contributed by atoms with Gasteiger partial charge >= 0.3 is 0 Å². The quantitative estimate of drug-likeness (QED) is 0.401. The van der Waals surface area contributed by atoms with Gasteiger partial charge < -0.3 is 15.3 Å². The van der Waals surface area contributed by atoms with E-state index in [0.29, 0.717) is 17.8 Å².